The van der Waals surface area contributed by atoms with E-state index in [4.69, 9.17) is 14.7 Å². The summed E-state index contributed by atoms with van der Waals surface area (Å²) in [7, 11) is 0. The number of carbonyl (C=O) groups is 2. The summed E-state index contributed by atoms with van der Waals surface area (Å²) in [4.78, 5) is 24.6. The van der Waals surface area contributed by atoms with Gasteiger partial charge in [0.25, 0.3) is 0 Å². The minimum atomic E-state index is -0.527. The van der Waals surface area contributed by atoms with Gasteiger partial charge in [-0.2, -0.15) is 5.26 Å². The number of esters is 1. The van der Waals surface area contributed by atoms with Crippen molar-refractivity contribution in [1.29, 1.82) is 5.26 Å². The van der Waals surface area contributed by atoms with Gasteiger partial charge in [0.15, 0.2) is 0 Å². The van der Waals surface area contributed by atoms with Gasteiger partial charge in [0.05, 0.1) is 12.7 Å². The second kappa shape index (κ2) is 16.5. The molecule has 1 unspecified atom stereocenters. The third kappa shape index (κ3) is 9.64. The Bertz CT molecular complexity index is 1020. The first kappa shape index (κ1) is 30.0. The van der Waals surface area contributed by atoms with E-state index >= 15 is 0 Å². The third-order valence-electron chi connectivity index (χ3n) is 6.46. The Balaban J connectivity index is 0.000000508. The first-order valence-corrected chi connectivity index (χ1v) is 13.4. The minimum Gasteiger partial charge on any atom is -0.426 e. The third-order valence-corrected chi connectivity index (χ3v) is 6.46. The minimum absolute atomic E-state index is 0. The summed E-state index contributed by atoms with van der Waals surface area (Å²) in [6, 6.07) is 15.3. The van der Waals surface area contributed by atoms with E-state index in [-0.39, 0.29) is 13.3 Å². The van der Waals surface area contributed by atoms with Gasteiger partial charge in [-0.15, -0.1) is 0 Å². The van der Waals surface area contributed by atoms with Crippen LogP contribution in [0.4, 0.5) is 0 Å². The number of nitrogens with zero attached hydrogens (tertiary/aromatic N) is 2. The fraction of sp³-hybridized carbons (Fsp3) is 0.500. The average Bonchev–Trinajstić information content (AvgIpc) is 3.29. The zero-order chi connectivity index (χ0) is 27.0. The Hall–Kier alpha value is -3.21. The number of hydrogen-bond donors (Lipinski definition) is 1. The van der Waals surface area contributed by atoms with Gasteiger partial charge < -0.3 is 19.7 Å². The van der Waals surface area contributed by atoms with Crippen LogP contribution < -0.4 is 10.1 Å². The molecule has 0 aromatic heterocycles. The maximum absolute atomic E-state index is 11.7. The zero-order valence-electron chi connectivity index (χ0n) is 22.7. The molecule has 0 radical (unpaired) electrons. The second-order valence-corrected chi connectivity index (χ2v) is 8.93. The van der Waals surface area contributed by atoms with Gasteiger partial charge in [0.2, 0.25) is 6.41 Å². The first-order chi connectivity index (χ1) is 18.0. The van der Waals surface area contributed by atoms with Crippen LogP contribution in [0.3, 0.4) is 0 Å². The fourth-order valence-electron chi connectivity index (χ4n) is 4.28. The highest BCUT2D eigenvalue weighted by Gasteiger charge is 2.21. The summed E-state index contributed by atoms with van der Waals surface area (Å²) in [5.74, 6) is 0.738. The van der Waals surface area contributed by atoms with Crippen LogP contribution in [-0.4, -0.2) is 56.2 Å². The molecule has 2 aromatic carbocycles. The normalized spacial score (nSPS) is 18.0. The Kier molecular flexibility index (Phi) is 13.4. The number of rotatable bonds is 6. The smallest absolute Gasteiger partial charge is 0.311 e. The van der Waals surface area contributed by atoms with Crippen molar-refractivity contribution >= 4 is 12.4 Å². The van der Waals surface area contributed by atoms with E-state index in [0.29, 0.717) is 25.0 Å². The lowest BCUT2D eigenvalue weighted by Gasteiger charge is -2.14. The molecule has 0 bridgehead atoms. The van der Waals surface area contributed by atoms with Crippen LogP contribution in [-0.2, 0) is 20.7 Å². The number of amides is 1. The number of ether oxygens (including phenoxy) is 2. The van der Waals surface area contributed by atoms with Crippen LogP contribution in [0.5, 0.6) is 5.75 Å². The van der Waals surface area contributed by atoms with Crippen molar-refractivity contribution in [2.24, 2.45) is 0 Å². The van der Waals surface area contributed by atoms with Gasteiger partial charge in [-0.3, -0.25) is 9.59 Å². The topological polar surface area (TPSA) is 91.7 Å². The summed E-state index contributed by atoms with van der Waals surface area (Å²) >= 11 is 0. The Morgan fingerprint density at radius 3 is 2.57 bits per heavy atom. The molecule has 2 heterocycles. The molecule has 7 nitrogen and oxygen atoms in total. The standard InChI is InChI=1S/C21H20N2O3.C7H15NO.C2H6.H2/c1-14-2-9-21(25)26-20-8-7-17(11-19(14)20)16-5-3-15(4-6-16)10-18(12-22)23-13-24;1-2-8-4-3-6-9-7-5-8;1-2;/h3-8,11,13-14,18H,2,9-10H2,1H3,(H,23,24);2-7H2,1H3;1-2H3;1H/t14?,18-;;;/m0.../s1. The molecular weight excluding hydrogens is 466 g/mol. The largest absolute Gasteiger partial charge is 0.426 e. The van der Waals surface area contributed by atoms with E-state index in [1.165, 1.54) is 19.5 Å². The molecule has 1 saturated heterocycles. The molecule has 0 aliphatic carbocycles. The van der Waals surface area contributed by atoms with Crippen LogP contribution in [0.15, 0.2) is 42.5 Å². The van der Waals surface area contributed by atoms with Gasteiger partial charge in [0.1, 0.15) is 11.8 Å². The molecule has 4 rings (SSSR count). The molecular formula is C30H43N3O4. The Labute approximate surface area is 223 Å². The predicted octanol–water partition coefficient (Wildman–Crippen LogP) is 5.34. The number of benzene rings is 2. The maximum Gasteiger partial charge on any atom is 0.311 e. The van der Waals surface area contributed by atoms with E-state index in [0.717, 1.165) is 48.4 Å². The number of hydrogen-bond acceptors (Lipinski definition) is 6. The highest BCUT2D eigenvalue weighted by molar-refractivity contribution is 5.75. The maximum atomic E-state index is 11.7. The van der Waals surface area contributed by atoms with Crippen LogP contribution in [0.1, 0.15) is 65.4 Å². The van der Waals surface area contributed by atoms with Crippen molar-refractivity contribution < 1.29 is 20.5 Å². The summed E-state index contributed by atoms with van der Waals surface area (Å²) < 4.78 is 10.7. The average molecular weight is 510 g/mol. The molecule has 2 aromatic rings. The van der Waals surface area contributed by atoms with Crippen molar-refractivity contribution in [3.63, 3.8) is 0 Å². The number of fused-ring (bicyclic) bond motifs is 1. The van der Waals surface area contributed by atoms with Crippen LogP contribution in [0, 0.1) is 11.3 Å². The predicted molar refractivity (Wildman–Crippen MR) is 148 cm³/mol. The van der Waals surface area contributed by atoms with Crippen molar-refractivity contribution in [2.45, 2.75) is 65.3 Å². The Morgan fingerprint density at radius 1 is 1.16 bits per heavy atom. The summed E-state index contributed by atoms with van der Waals surface area (Å²) in [5, 5.41) is 11.5. The summed E-state index contributed by atoms with van der Waals surface area (Å²) in [6.07, 6.45) is 3.44. The van der Waals surface area contributed by atoms with Crippen LogP contribution in [0.2, 0.25) is 0 Å². The lowest BCUT2D eigenvalue weighted by Crippen LogP contribution is -2.28. The Morgan fingerprint density at radius 2 is 1.89 bits per heavy atom. The van der Waals surface area contributed by atoms with Gasteiger partial charge in [-0.1, -0.05) is 58.0 Å². The fourth-order valence-corrected chi connectivity index (χ4v) is 4.28. The monoisotopic (exact) mass is 509 g/mol. The lowest BCUT2D eigenvalue weighted by molar-refractivity contribution is -0.134. The second-order valence-electron chi connectivity index (χ2n) is 8.93. The van der Waals surface area contributed by atoms with Gasteiger partial charge in [-0.05, 0) is 59.7 Å². The molecule has 0 saturated carbocycles. The number of carbonyl (C=O) groups excluding carboxylic acids is 2. The van der Waals surface area contributed by atoms with Crippen molar-refractivity contribution in [3.8, 4) is 22.9 Å². The highest BCUT2D eigenvalue weighted by atomic mass is 16.5. The van der Waals surface area contributed by atoms with E-state index in [9.17, 15) is 9.59 Å². The highest BCUT2D eigenvalue weighted by Crippen LogP contribution is 2.36. The number of nitrogens with one attached hydrogen (secondary N) is 1. The lowest BCUT2D eigenvalue weighted by atomic mass is 9.92. The molecule has 2 aliphatic heterocycles. The van der Waals surface area contributed by atoms with Crippen molar-refractivity contribution in [2.75, 3.05) is 32.8 Å². The van der Waals surface area contributed by atoms with Crippen LogP contribution in [0.25, 0.3) is 11.1 Å². The number of nitriles is 1. The van der Waals surface area contributed by atoms with Crippen LogP contribution >= 0.6 is 0 Å². The van der Waals surface area contributed by atoms with Gasteiger partial charge in [0, 0.05) is 34.0 Å². The SMILES string of the molecule is CC.CC1CCC(=O)Oc2ccc(-c3ccc(C[C@@H](C#N)NC=O)cc3)cc21.CCN1CCCOCC1.[HH]. The van der Waals surface area contributed by atoms with Gasteiger partial charge in [-0.25, -0.2) is 0 Å². The van der Waals surface area contributed by atoms with E-state index in [1.54, 1.807) is 0 Å². The van der Waals surface area contributed by atoms with E-state index in [2.05, 4.69) is 36.2 Å². The first-order valence-electron chi connectivity index (χ1n) is 13.4. The molecule has 1 fully saturated rings. The molecule has 37 heavy (non-hydrogen) atoms. The number of likely N-dealkylation sites (N-methyl/N-ethyl adjacent to an activating group) is 1. The molecule has 0 spiro atoms. The molecule has 2 atom stereocenters. The molecule has 1 N–H and O–H groups in total. The molecule has 7 heteroatoms. The van der Waals surface area contributed by atoms with Crippen molar-refractivity contribution in [1.82, 2.24) is 10.2 Å². The van der Waals surface area contributed by atoms with E-state index in [1.807, 2.05) is 50.2 Å². The molecule has 2 aliphatic rings. The van der Waals surface area contributed by atoms with Crippen molar-refractivity contribution in [3.05, 3.63) is 53.6 Å². The zero-order valence-corrected chi connectivity index (χ0v) is 22.7. The quantitative estimate of drug-likeness (QED) is 0.321. The summed E-state index contributed by atoms with van der Waals surface area (Å²) in [5.41, 5.74) is 4.14. The summed E-state index contributed by atoms with van der Waals surface area (Å²) in [6.45, 7) is 13.7. The molecule has 1 amide bonds. The van der Waals surface area contributed by atoms with E-state index < -0.39 is 6.04 Å². The molecule has 202 valence electrons. The van der Waals surface area contributed by atoms with Gasteiger partial charge >= 0.3 is 5.97 Å².